The maximum atomic E-state index is 6.02. The monoisotopic (exact) mass is 198 g/mol. The van der Waals surface area contributed by atoms with Gasteiger partial charge < -0.3 is 5.73 Å². The van der Waals surface area contributed by atoms with E-state index >= 15 is 0 Å². The van der Waals surface area contributed by atoms with Crippen LogP contribution in [0.2, 0.25) is 0 Å². The Bertz CT molecular complexity index is 172. The molecule has 0 radical (unpaired) electrons. The Morgan fingerprint density at radius 1 is 1.36 bits per heavy atom. The van der Waals surface area contributed by atoms with Gasteiger partial charge in [-0.2, -0.15) is 0 Å². The van der Waals surface area contributed by atoms with E-state index in [1.54, 1.807) is 0 Å². The van der Waals surface area contributed by atoms with E-state index in [0.717, 1.165) is 18.5 Å². The van der Waals surface area contributed by atoms with Crippen LogP contribution in [0.3, 0.4) is 0 Å². The summed E-state index contributed by atoms with van der Waals surface area (Å²) >= 11 is 0. The van der Waals surface area contributed by atoms with Crippen molar-refractivity contribution < 1.29 is 0 Å². The molecule has 1 saturated heterocycles. The van der Waals surface area contributed by atoms with Crippen molar-refractivity contribution in [3.05, 3.63) is 0 Å². The van der Waals surface area contributed by atoms with Crippen LogP contribution in [0.5, 0.6) is 0 Å². The molecular weight excluding hydrogens is 172 g/mol. The molecule has 0 aromatic heterocycles. The van der Waals surface area contributed by atoms with Crippen LogP contribution < -0.4 is 5.73 Å². The quantitative estimate of drug-likeness (QED) is 0.751. The predicted molar refractivity (Wildman–Crippen MR) is 62.4 cm³/mol. The summed E-state index contributed by atoms with van der Waals surface area (Å²) in [6.45, 7) is 10.1. The van der Waals surface area contributed by atoms with Crippen molar-refractivity contribution >= 4 is 0 Å². The molecule has 14 heavy (non-hydrogen) atoms. The lowest BCUT2D eigenvalue weighted by Crippen LogP contribution is -2.41. The smallest absolute Gasteiger partial charge is 0.0109 e. The minimum absolute atomic E-state index is 0.0133. The molecule has 0 aromatic carbocycles. The summed E-state index contributed by atoms with van der Waals surface area (Å²) < 4.78 is 0. The first-order valence-corrected chi connectivity index (χ1v) is 5.98. The first kappa shape index (κ1) is 12.0. The van der Waals surface area contributed by atoms with Gasteiger partial charge in [-0.05, 0) is 46.5 Å². The molecule has 0 aromatic rings. The van der Waals surface area contributed by atoms with Crippen LogP contribution in [0.4, 0.5) is 0 Å². The molecule has 1 rings (SSSR count). The molecule has 1 heterocycles. The van der Waals surface area contributed by atoms with E-state index in [1.165, 1.54) is 25.8 Å². The van der Waals surface area contributed by atoms with Gasteiger partial charge in [-0.1, -0.05) is 6.92 Å². The van der Waals surface area contributed by atoms with Gasteiger partial charge >= 0.3 is 0 Å². The van der Waals surface area contributed by atoms with Gasteiger partial charge in [0.05, 0.1) is 0 Å². The van der Waals surface area contributed by atoms with E-state index < -0.39 is 0 Å². The van der Waals surface area contributed by atoms with E-state index in [4.69, 9.17) is 5.73 Å². The summed E-state index contributed by atoms with van der Waals surface area (Å²) in [4.78, 5) is 2.65. The lowest BCUT2D eigenvalue weighted by Gasteiger charge is -2.30. The molecule has 2 N–H and O–H groups in total. The Balaban J connectivity index is 2.41. The number of hydrogen-bond acceptors (Lipinski definition) is 2. The number of nitrogens with zero attached hydrogens (tertiary/aromatic N) is 1. The molecule has 1 fully saturated rings. The maximum Gasteiger partial charge on any atom is 0.0109 e. The highest BCUT2D eigenvalue weighted by atomic mass is 15.2. The second-order valence-electron chi connectivity index (χ2n) is 5.46. The second kappa shape index (κ2) is 4.63. The third kappa shape index (κ3) is 3.25. The van der Waals surface area contributed by atoms with Crippen molar-refractivity contribution in [2.45, 2.75) is 71.0 Å². The van der Waals surface area contributed by atoms with Gasteiger partial charge in [0.15, 0.2) is 0 Å². The molecule has 2 nitrogen and oxygen atoms in total. The summed E-state index contributed by atoms with van der Waals surface area (Å²) in [5.74, 6) is 0. The molecule has 2 atom stereocenters. The molecule has 0 bridgehead atoms. The van der Waals surface area contributed by atoms with Crippen LogP contribution in [0, 0.1) is 0 Å². The normalized spacial score (nSPS) is 29.8. The summed E-state index contributed by atoms with van der Waals surface area (Å²) in [6, 6.07) is 1.58. The van der Waals surface area contributed by atoms with Crippen LogP contribution >= 0.6 is 0 Å². The highest BCUT2D eigenvalue weighted by Gasteiger charge is 2.29. The van der Waals surface area contributed by atoms with E-state index in [2.05, 4.69) is 32.6 Å². The average Bonchev–Trinajstić information content (AvgIpc) is 2.41. The number of hydrogen-bond donors (Lipinski definition) is 1. The van der Waals surface area contributed by atoms with Crippen molar-refractivity contribution in [2.75, 3.05) is 6.54 Å². The maximum absolute atomic E-state index is 6.02. The van der Waals surface area contributed by atoms with Gasteiger partial charge in [0, 0.05) is 24.2 Å². The van der Waals surface area contributed by atoms with Gasteiger partial charge in [0.25, 0.3) is 0 Å². The third-order valence-corrected chi connectivity index (χ3v) is 3.44. The Morgan fingerprint density at radius 3 is 2.50 bits per heavy atom. The first-order chi connectivity index (χ1) is 6.44. The summed E-state index contributed by atoms with van der Waals surface area (Å²) in [6.07, 6.45) is 5.13. The van der Waals surface area contributed by atoms with Crippen molar-refractivity contribution in [1.82, 2.24) is 4.90 Å². The van der Waals surface area contributed by atoms with Gasteiger partial charge in [-0.15, -0.1) is 0 Å². The summed E-state index contributed by atoms with van der Waals surface area (Å²) in [5.41, 5.74) is 6.01. The topological polar surface area (TPSA) is 29.3 Å². The number of likely N-dealkylation sites (tertiary alicyclic amines) is 1. The second-order valence-corrected chi connectivity index (χ2v) is 5.46. The molecule has 84 valence electrons. The molecule has 1 aliphatic rings. The molecule has 0 spiro atoms. The predicted octanol–water partition coefficient (Wildman–Crippen LogP) is 2.38. The lowest BCUT2D eigenvalue weighted by atomic mass is 10.0. The largest absolute Gasteiger partial charge is 0.326 e. The highest BCUT2D eigenvalue weighted by molar-refractivity contribution is 4.86. The summed E-state index contributed by atoms with van der Waals surface area (Å²) in [7, 11) is 0. The zero-order chi connectivity index (χ0) is 10.8. The van der Waals surface area contributed by atoms with Crippen LogP contribution in [0.1, 0.15) is 53.4 Å². The standard InChI is InChI=1S/C12H26N2/c1-5-11-7-6-10(2)14(11)9-8-12(3,4)13/h10-11H,5-9,13H2,1-4H3. The molecule has 2 unspecified atom stereocenters. The fourth-order valence-corrected chi connectivity index (χ4v) is 2.38. The van der Waals surface area contributed by atoms with Crippen LogP contribution in [-0.4, -0.2) is 29.1 Å². The molecule has 0 amide bonds. The highest BCUT2D eigenvalue weighted by Crippen LogP contribution is 2.26. The SMILES string of the molecule is CCC1CCC(C)N1CCC(C)(C)N. The zero-order valence-electron chi connectivity index (χ0n) is 10.2. The lowest BCUT2D eigenvalue weighted by molar-refractivity contribution is 0.183. The Hall–Kier alpha value is -0.0800. The minimum Gasteiger partial charge on any atom is -0.326 e. The Labute approximate surface area is 88.8 Å². The number of rotatable bonds is 4. The third-order valence-electron chi connectivity index (χ3n) is 3.44. The van der Waals surface area contributed by atoms with Crippen LogP contribution in [0.25, 0.3) is 0 Å². The zero-order valence-corrected chi connectivity index (χ0v) is 10.2. The number of nitrogens with two attached hydrogens (primary N) is 1. The molecule has 0 saturated carbocycles. The first-order valence-electron chi connectivity index (χ1n) is 5.98. The van der Waals surface area contributed by atoms with Crippen molar-refractivity contribution in [1.29, 1.82) is 0 Å². The Morgan fingerprint density at radius 2 is 2.00 bits per heavy atom. The molecule has 1 aliphatic heterocycles. The van der Waals surface area contributed by atoms with Gasteiger partial charge in [0.1, 0.15) is 0 Å². The van der Waals surface area contributed by atoms with E-state index in [-0.39, 0.29) is 5.54 Å². The molecule has 0 aliphatic carbocycles. The van der Waals surface area contributed by atoms with E-state index in [1.807, 2.05) is 0 Å². The van der Waals surface area contributed by atoms with Crippen molar-refractivity contribution in [3.63, 3.8) is 0 Å². The van der Waals surface area contributed by atoms with Crippen LogP contribution in [-0.2, 0) is 0 Å². The fourth-order valence-electron chi connectivity index (χ4n) is 2.38. The van der Waals surface area contributed by atoms with Crippen LogP contribution in [0.15, 0.2) is 0 Å². The molecular formula is C12H26N2. The average molecular weight is 198 g/mol. The summed E-state index contributed by atoms with van der Waals surface area (Å²) in [5, 5.41) is 0. The van der Waals surface area contributed by atoms with Crippen molar-refractivity contribution in [3.8, 4) is 0 Å². The van der Waals surface area contributed by atoms with E-state index in [0.29, 0.717) is 0 Å². The van der Waals surface area contributed by atoms with Gasteiger partial charge in [-0.25, -0.2) is 0 Å². The fraction of sp³-hybridized carbons (Fsp3) is 1.00. The van der Waals surface area contributed by atoms with E-state index in [9.17, 15) is 0 Å². The van der Waals surface area contributed by atoms with Gasteiger partial charge in [0.2, 0.25) is 0 Å². The van der Waals surface area contributed by atoms with Gasteiger partial charge in [-0.3, -0.25) is 4.90 Å². The Kier molecular flexibility index (Phi) is 3.96. The minimum atomic E-state index is -0.0133. The van der Waals surface area contributed by atoms with Crippen molar-refractivity contribution in [2.24, 2.45) is 5.73 Å². The molecule has 2 heteroatoms.